The number of para-hydroxylation sites is 1. The van der Waals surface area contributed by atoms with E-state index in [4.69, 9.17) is 21.1 Å². The maximum atomic E-state index is 13.0. The van der Waals surface area contributed by atoms with Crippen molar-refractivity contribution in [3.05, 3.63) is 36.0 Å². The second kappa shape index (κ2) is 12.3. The lowest BCUT2D eigenvalue weighted by Gasteiger charge is -2.24. The number of carboxylic acid groups (broad SMARTS) is 2. The molecule has 13 nitrogen and oxygen atoms in total. The minimum atomic E-state index is -1.64. The van der Waals surface area contributed by atoms with Crippen molar-refractivity contribution >= 4 is 40.6 Å². The average molecular weight is 477 g/mol. The van der Waals surface area contributed by atoms with Crippen molar-refractivity contribution < 1.29 is 39.3 Å². The molecule has 0 saturated heterocycles. The lowest BCUT2D eigenvalue weighted by Crippen LogP contribution is -2.57. The van der Waals surface area contributed by atoms with Crippen molar-refractivity contribution in [3.63, 3.8) is 0 Å². The zero-order chi connectivity index (χ0) is 25.3. The highest BCUT2D eigenvalue weighted by molar-refractivity contribution is 5.94. The van der Waals surface area contributed by atoms with Crippen LogP contribution in [0.3, 0.4) is 0 Å². The number of aliphatic hydroxyl groups is 1. The van der Waals surface area contributed by atoms with E-state index in [1.54, 1.807) is 12.3 Å². The summed E-state index contributed by atoms with van der Waals surface area (Å²) in [7, 11) is 0. The van der Waals surface area contributed by atoms with E-state index in [-0.39, 0.29) is 12.8 Å². The first-order valence-electron chi connectivity index (χ1n) is 10.4. The molecule has 2 aromatic rings. The molecule has 0 aliphatic heterocycles. The summed E-state index contributed by atoms with van der Waals surface area (Å²) in [6.07, 6.45) is 0.850. The fourth-order valence-electron chi connectivity index (χ4n) is 3.25. The Hall–Kier alpha value is -3.97. The van der Waals surface area contributed by atoms with Crippen molar-refractivity contribution in [2.24, 2.45) is 5.73 Å². The van der Waals surface area contributed by atoms with E-state index in [9.17, 15) is 24.0 Å². The standard InChI is InChI=1S/C21H27N5O8/c22-8-17(28)24-15(7-11-9-23-13-4-2-1-3-12(11)13)20(32)25-14(5-6-18(29)30)19(31)26-16(10-27)21(33)34/h1-4,9,14-16,23,27H,5-8,10,22H2,(H,24,28)(H,25,32)(H,26,31)(H,29,30)(H,33,34). The highest BCUT2D eigenvalue weighted by Crippen LogP contribution is 2.19. The third-order valence-electron chi connectivity index (χ3n) is 5.01. The SMILES string of the molecule is NCC(=O)NC(Cc1c[nH]c2ccccc12)C(=O)NC(CCC(=O)O)C(=O)NC(CO)C(=O)O. The first-order valence-corrected chi connectivity index (χ1v) is 10.4. The molecule has 3 unspecified atom stereocenters. The molecule has 2 rings (SSSR count). The molecule has 1 heterocycles. The zero-order valence-corrected chi connectivity index (χ0v) is 18.1. The topological polar surface area (TPSA) is 224 Å². The highest BCUT2D eigenvalue weighted by atomic mass is 16.4. The van der Waals surface area contributed by atoms with Gasteiger partial charge >= 0.3 is 11.9 Å². The van der Waals surface area contributed by atoms with Crippen LogP contribution in [-0.2, 0) is 30.4 Å². The molecule has 0 aliphatic carbocycles. The molecule has 9 N–H and O–H groups in total. The number of benzene rings is 1. The number of carboxylic acids is 2. The van der Waals surface area contributed by atoms with Gasteiger partial charge in [-0.25, -0.2) is 4.79 Å². The number of aromatic amines is 1. The molecule has 3 atom stereocenters. The molecule has 1 aromatic heterocycles. The molecule has 13 heteroatoms. The fraction of sp³-hybridized carbons (Fsp3) is 0.381. The highest BCUT2D eigenvalue weighted by Gasteiger charge is 2.30. The second-order valence-electron chi connectivity index (χ2n) is 7.46. The normalized spacial score (nSPS) is 13.5. The number of fused-ring (bicyclic) bond motifs is 1. The van der Waals surface area contributed by atoms with Crippen molar-refractivity contribution in [1.29, 1.82) is 0 Å². The minimum absolute atomic E-state index is 0.0310. The van der Waals surface area contributed by atoms with Crippen LogP contribution in [0.25, 0.3) is 10.9 Å². The number of nitrogens with one attached hydrogen (secondary N) is 4. The summed E-state index contributed by atoms with van der Waals surface area (Å²) in [6, 6.07) is 3.05. The van der Waals surface area contributed by atoms with Crippen LogP contribution in [0.1, 0.15) is 18.4 Å². The smallest absolute Gasteiger partial charge is 0.328 e. The van der Waals surface area contributed by atoms with E-state index < -0.39 is 67.4 Å². The monoisotopic (exact) mass is 477 g/mol. The van der Waals surface area contributed by atoms with Gasteiger partial charge in [-0.3, -0.25) is 19.2 Å². The van der Waals surface area contributed by atoms with Gasteiger partial charge in [0.15, 0.2) is 0 Å². The molecule has 0 aliphatic rings. The van der Waals surface area contributed by atoms with Gasteiger partial charge in [-0.2, -0.15) is 0 Å². The zero-order valence-electron chi connectivity index (χ0n) is 18.1. The van der Waals surface area contributed by atoms with Gasteiger partial charge in [0, 0.05) is 29.9 Å². The Balaban J connectivity index is 2.24. The lowest BCUT2D eigenvalue weighted by atomic mass is 10.0. The van der Waals surface area contributed by atoms with Crippen molar-refractivity contribution in [3.8, 4) is 0 Å². The van der Waals surface area contributed by atoms with Crippen LogP contribution in [0.15, 0.2) is 30.5 Å². The van der Waals surface area contributed by atoms with Gasteiger partial charge in [-0.1, -0.05) is 18.2 Å². The van der Waals surface area contributed by atoms with Crippen LogP contribution in [0, 0.1) is 0 Å². The molecule has 0 saturated carbocycles. The van der Waals surface area contributed by atoms with Crippen molar-refractivity contribution in [2.45, 2.75) is 37.4 Å². The number of amides is 3. The predicted octanol–water partition coefficient (Wildman–Crippen LogP) is -1.93. The number of aromatic nitrogens is 1. The summed E-state index contributed by atoms with van der Waals surface area (Å²) in [4.78, 5) is 62.7. The summed E-state index contributed by atoms with van der Waals surface area (Å²) < 4.78 is 0. The van der Waals surface area contributed by atoms with Gasteiger partial charge in [-0.15, -0.1) is 0 Å². The molecule has 1 aromatic carbocycles. The second-order valence-corrected chi connectivity index (χ2v) is 7.46. The molecule has 3 amide bonds. The van der Waals surface area contributed by atoms with Crippen molar-refractivity contribution in [1.82, 2.24) is 20.9 Å². The Morgan fingerprint density at radius 2 is 1.59 bits per heavy atom. The molecule has 0 bridgehead atoms. The van der Waals surface area contributed by atoms with Gasteiger partial charge in [0.1, 0.15) is 18.1 Å². The number of carbonyl (C=O) groups excluding carboxylic acids is 3. The summed E-state index contributed by atoms with van der Waals surface area (Å²) >= 11 is 0. The Bertz CT molecular complexity index is 1050. The molecular formula is C21H27N5O8. The number of carbonyl (C=O) groups is 5. The first kappa shape index (κ1) is 26.3. The Morgan fingerprint density at radius 1 is 0.941 bits per heavy atom. The molecule has 0 radical (unpaired) electrons. The number of aliphatic carboxylic acids is 2. The van der Waals surface area contributed by atoms with Crippen molar-refractivity contribution in [2.75, 3.05) is 13.2 Å². The molecule has 0 fully saturated rings. The van der Waals surface area contributed by atoms with Gasteiger partial charge in [0.05, 0.1) is 13.2 Å². The molecule has 0 spiro atoms. The number of hydrogen-bond donors (Lipinski definition) is 8. The van der Waals surface area contributed by atoms with Gasteiger partial charge in [-0.05, 0) is 18.1 Å². The van der Waals surface area contributed by atoms with E-state index in [1.165, 1.54) is 0 Å². The molecule has 34 heavy (non-hydrogen) atoms. The summed E-state index contributed by atoms with van der Waals surface area (Å²) in [5.74, 6) is -5.17. The van der Waals surface area contributed by atoms with E-state index in [1.807, 2.05) is 23.5 Å². The Morgan fingerprint density at radius 3 is 2.21 bits per heavy atom. The number of rotatable bonds is 13. The number of H-pyrrole nitrogens is 1. The van der Waals surface area contributed by atoms with Crippen LogP contribution in [-0.4, -0.2) is 81.2 Å². The predicted molar refractivity (Wildman–Crippen MR) is 118 cm³/mol. The number of nitrogens with two attached hydrogens (primary N) is 1. The minimum Gasteiger partial charge on any atom is -0.481 e. The first-order chi connectivity index (χ1) is 16.2. The van der Waals surface area contributed by atoms with E-state index in [2.05, 4.69) is 15.6 Å². The maximum Gasteiger partial charge on any atom is 0.328 e. The fourth-order valence-corrected chi connectivity index (χ4v) is 3.25. The largest absolute Gasteiger partial charge is 0.481 e. The third-order valence-corrected chi connectivity index (χ3v) is 5.01. The quantitative estimate of drug-likeness (QED) is 0.160. The summed E-state index contributed by atoms with van der Waals surface area (Å²) in [6.45, 7) is -1.30. The van der Waals surface area contributed by atoms with E-state index in [0.717, 1.165) is 10.9 Å². The van der Waals surface area contributed by atoms with Crippen LogP contribution in [0.5, 0.6) is 0 Å². The van der Waals surface area contributed by atoms with Crippen LogP contribution in [0.2, 0.25) is 0 Å². The number of hydrogen-bond acceptors (Lipinski definition) is 7. The summed E-state index contributed by atoms with van der Waals surface area (Å²) in [5.41, 5.74) is 6.86. The average Bonchev–Trinajstić information content (AvgIpc) is 3.21. The summed E-state index contributed by atoms with van der Waals surface area (Å²) in [5, 5.41) is 34.9. The van der Waals surface area contributed by atoms with E-state index >= 15 is 0 Å². The van der Waals surface area contributed by atoms with Gasteiger partial charge in [0.25, 0.3) is 0 Å². The van der Waals surface area contributed by atoms with Crippen LogP contribution < -0.4 is 21.7 Å². The Labute approximate surface area is 193 Å². The van der Waals surface area contributed by atoms with E-state index in [0.29, 0.717) is 5.56 Å². The third kappa shape index (κ3) is 7.28. The lowest BCUT2D eigenvalue weighted by molar-refractivity contribution is -0.144. The van der Waals surface area contributed by atoms with Gasteiger partial charge in [0.2, 0.25) is 17.7 Å². The van der Waals surface area contributed by atoms with Crippen LogP contribution in [0.4, 0.5) is 0 Å². The Kier molecular flexibility index (Phi) is 9.52. The molecule has 184 valence electrons. The maximum absolute atomic E-state index is 13.0. The van der Waals surface area contributed by atoms with Gasteiger partial charge < -0.3 is 42.0 Å². The molecular weight excluding hydrogens is 450 g/mol. The van der Waals surface area contributed by atoms with Crippen LogP contribution >= 0.6 is 0 Å². The number of aliphatic hydroxyl groups excluding tert-OH is 1.